The fourth-order valence-corrected chi connectivity index (χ4v) is 2.25. The summed E-state index contributed by atoms with van der Waals surface area (Å²) in [4.78, 5) is 11.3. The van der Waals surface area contributed by atoms with E-state index in [-0.39, 0.29) is 28.7 Å². The van der Waals surface area contributed by atoms with Gasteiger partial charge in [0.1, 0.15) is 5.02 Å². The zero-order valence-electron chi connectivity index (χ0n) is 11.5. The molecule has 0 saturated heterocycles. The molecule has 2 N–H and O–H groups in total. The molecule has 0 aliphatic heterocycles. The zero-order valence-corrected chi connectivity index (χ0v) is 12.3. The Morgan fingerprint density at radius 1 is 1.36 bits per heavy atom. The largest absolute Gasteiger partial charge is 0.416 e. The van der Waals surface area contributed by atoms with Gasteiger partial charge >= 0.3 is 6.18 Å². The number of aromatic nitrogens is 2. The predicted molar refractivity (Wildman–Crippen MR) is 78.1 cm³/mol. The summed E-state index contributed by atoms with van der Waals surface area (Å²) >= 11 is 5.82. The number of aromatic amines is 1. The van der Waals surface area contributed by atoms with Crippen LogP contribution >= 0.6 is 11.6 Å². The van der Waals surface area contributed by atoms with E-state index >= 15 is 0 Å². The molecule has 0 aliphatic carbocycles. The summed E-state index contributed by atoms with van der Waals surface area (Å²) in [6.07, 6.45) is -2.96. The molecule has 4 nitrogen and oxygen atoms in total. The van der Waals surface area contributed by atoms with Gasteiger partial charge in [0.05, 0.1) is 17.4 Å². The molecule has 0 fully saturated rings. The maximum Gasteiger partial charge on any atom is 0.416 e. The number of hydrogen-bond acceptors (Lipinski definition) is 3. The van der Waals surface area contributed by atoms with Crippen LogP contribution in [-0.2, 0) is 12.6 Å². The third kappa shape index (κ3) is 3.79. The molecule has 1 aromatic heterocycles. The van der Waals surface area contributed by atoms with Gasteiger partial charge < -0.3 is 5.32 Å². The van der Waals surface area contributed by atoms with Gasteiger partial charge in [0.25, 0.3) is 5.56 Å². The van der Waals surface area contributed by atoms with Crippen LogP contribution in [0, 0.1) is 0 Å². The van der Waals surface area contributed by atoms with Crippen LogP contribution in [0.4, 0.5) is 18.9 Å². The first-order valence-electron chi connectivity index (χ1n) is 6.44. The molecule has 1 heterocycles. The second-order valence-electron chi connectivity index (χ2n) is 4.83. The smallest absolute Gasteiger partial charge is 0.380 e. The lowest BCUT2D eigenvalue weighted by atomic mass is 10.0. The monoisotopic (exact) mass is 331 g/mol. The molecule has 118 valence electrons. The van der Waals surface area contributed by atoms with E-state index in [2.05, 4.69) is 15.5 Å². The normalized spacial score (nSPS) is 13.0. The first-order valence-corrected chi connectivity index (χ1v) is 6.81. The Labute approximate surface area is 129 Å². The van der Waals surface area contributed by atoms with Crippen LogP contribution in [0.2, 0.25) is 5.02 Å². The van der Waals surface area contributed by atoms with Crippen LogP contribution in [0.1, 0.15) is 18.1 Å². The quantitative estimate of drug-likeness (QED) is 0.901. The van der Waals surface area contributed by atoms with E-state index in [0.717, 1.165) is 6.07 Å². The highest BCUT2D eigenvalue weighted by atomic mass is 35.5. The molecule has 0 aliphatic rings. The number of halogens is 4. The summed E-state index contributed by atoms with van der Waals surface area (Å²) in [6, 6.07) is 5.01. The van der Waals surface area contributed by atoms with Crippen LogP contribution < -0.4 is 10.9 Å². The second-order valence-corrected chi connectivity index (χ2v) is 5.21. The van der Waals surface area contributed by atoms with Crippen molar-refractivity contribution in [2.45, 2.75) is 25.6 Å². The van der Waals surface area contributed by atoms with E-state index in [0.29, 0.717) is 0 Å². The highest BCUT2D eigenvalue weighted by molar-refractivity contribution is 6.32. The Balaban J connectivity index is 2.18. The van der Waals surface area contributed by atoms with E-state index in [1.54, 1.807) is 13.0 Å². The molecular formula is C14H13ClF3N3O. The number of H-pyrrole nitrogens is 1. The Hall–Kier alpha value is -2.02. The van der Waals surface area contributed by atoms with E-state index in [1.165, 1.54) is 18.3 Å². The number of benzene rings is 1. The van der Waals surface area contributed by atoms with Crippen molar-refractivity contribution in [2.75, 3.05) is 5.32 Å². The molecule has 1 aromatic carbocycles. The lowest BCUT2D eigenvalue weighted by Crippen LogP contribution is -2.22. The van der Waals surface area contributed by atoms with Crippen molar-refractivity contribution in [3.8, 4) is 0 Å². The number of rotatable bonds is 4. The third-order valence-electron chi connectivity index (χ3n) is 3.05. The van der Waals surface area contributed by atoms with Crippen LogP contribution in [0.15, 0.2) is 35.3 Å². The molecule has 2 aromatic rings. The number of alkyl halides is 3. The van der Waals surface area contributed by atoms with Crippen molar-refractivity contribution in [3.05, 3.63) is 57.0 Å². The summed E-state index contributed by atoms with van der Waals surface area (Å²) in [5.41, 5.74) is -0.778. The van der Waals surface area contributed by atoms with Crippen LogP contribution in [0.3, 0.4) is 0 Å². The lowest BCUT2D eigenvalue weighted by molar-refractivity contribution is -0.138. The molecule has 22 heavy (non-hydrogen) atoms. The van der Waals surface area contributed by atoms with Gasteiger partial charge in [-0.1, -0.05) is 29.8 Å². The van der Waals surface area contributed by atoms with Gasteiger partial charge in [-0.25, -0.2) is 5.10 Å². The summed E-state index contributed by atoms with van der Waals surface area (Å²) < 4.78 is 38.8. The van der Waals surface area contributed by atoms with Gasteiger partial charge in [-0.3, -0.25) is 4.79 Å². The first-order chi connectivity index (χ1) is 10.3. The fourth-order valence-electron chi connectivity index (χ4n) is 2.11. The predicted octanol–water partition coefficient (Wildman–Crippen LogP) is 3.49. The van der Waals surface area contributed by atoms with Crippen molar-refractivity contribution < 1.29 is 13.2 Å². The molecule has 2 rings (SSSR count). The van der Waals surface area contributed by atoms with E-state index in [1.807, 2.05) is 0 Å². The highest BCUT2D eigenvalue weighted by Crippen LogP contribution is 2.32. The molecular weight excluding hydrogens is 319 g/mol. The standard InChI is InChI=1S/C14H13ClF3N3O/c1-8(20-11-7-19-21-13(22)12(11)15)6-9-4-2-3-5-10(9)14(16,17)18/h2-5,7-8H,6H2,1H3,(H2,20,21,22). The maximum atomic E-state index is 12.9. The Morgan fingerprint density at radius 2 is 2.05 bits per heavy atom. The highest BCUT2D eigenvalue weighted by Gasteiger charge is 2.33. The van der Waals surface area contributed by atoms with Gasteiger partial charge in [0.2, 0.25) is 0 Å². The van der Waals surface area contributed by atoms with Crippen LogP contribution in [0.5, 0.6) is 0 Å². The maximum absolute atomic E-state index is 12.9. The summed E-state index contributed by atoms with van der Waals surface area (Å²) in [6.45, 7) is 1.70. The molecule has 1 atom stereocenters. The van der Waals surface area contributed by atoms with E-state index in [4.69, 9.17) is 11.6 Å². The van der Waals surface area contributed by atoms with Gasteiger partial charge in [-0.15, -0.1) is 0 Å². The number of nitrogens with one attached hydrogen (secondary N) is 2. The molecule has 0 spiro atoms. The minimum atomic E-state index is -4.40. The summed E-state index contributed by atoms with van der Waals surface area (Å²) in [5, 5.41) is 8.58. The van der Waals surface area contributed by atoms with Crippen molar-refractivity contribution in [2.24, 2.45) is 0 Å². The number of anilines is 1. The molecule has 0 saturated carbocycles. The SMILES string of the molecule is CC(Cc1ccccc1C(F)(F)F)Nc1cn[nH]c(=O)c1Cl. The van der Waals surface area contributed by atoms with Crippen molar-refractivity contribution in [1.29, 1.82) is 0 Å². The molecule has 0 radical (unpaired) electrons. The first kappa shape index (κ1) is 16.4. The van der Waals surface area contributed by atoms with Crippen LogP contribution in [0.25, 0.3) is 0 Å². The van der Waals surface area contributed by atoms with Gasteiger partial charge in [-0.05, 0) is 25.0 Å². The average molecular weight is 332 g/mol. The molecule has 1 unspecified atom stereocenters. The van der Waals surface area contributed by atoms with Crippen molar-refractivity contribution in [1.82, 2.24) is 10.2 Å². The van der Waals surface area contributed by atoms with Gasteiger partial charge in [0.15, 0.2) is 0 Å². The average Bonchev–Trinajstić information content (AvgIpc) is 2.43. The molecule has 0 amide bonds. The van der Waals surface area contributed by atoms with Gasteiger partial charge in [-0.2, -0.15) is 18.3 Å². The topological polar surface area (TPSA) is 57.8 Å². The minimum absolute atomic E-state index is 0.0778. The van der Waals surface area contributed by atoms with Gasteiger partial charge in [0, 0.05) is 6.04 Å². The zero-order chi connectivity index (χ0) is 16.3. The number of nitrogens with zero attached hydrogens (tertiary/aromatic N) is 1. The molecule has 0 bridgehead atoms. The Morgan fingerprint density at radius 3 is 2.73 bits per heavy atom. The second kappa shape index (κ2) is 6.39. The third-order valence-corrected chi connectivity index (χ3v) is 3.42. The van der Waals surface area contributed by atoms with E-state index < -0.39 is 17.3 Å². The Bertz CT molecular complexity index is 715. The fraction of sp³-hybridized carbons (Fsp3) is 0.286. The Kier molecular flexibility index (Phi) is 4.75. The number of hydrogen-bond donors (Lipinski definition) is 2. The van der Waals surface area contributed by atoms with E-state index in [9.17, 15) is 18.0 Å². The minimum Gasteiger partial charge on any atom is -0.380 e. The van der Waals surface area contributed by atoms with Crippen molar-refractivity contribution in [3.63, 3.8) is 0 Å². The lowest BCUT2D eigenvalue weighted by Gasteiger charge is -2.18. The van der Waals surface area contributed by atoms with Crippen LogP contribution in [-0.4, -0.2) is 16.2 Å². The molecule has 8 heteroatoms. The summed E-state index contributed by atoms with van der Waals surface area (Å²) in [5.74, 6) is 0. The van der Waals surface area contributed by atoms with Crippen molar-refractivity contribution >= 4 is 17.3 Å². The summed E-state index contributed by atoms with van der Waals surface area (Å²) in [7, 11) is 0.